The number of aliphatic hydroxyl groups is 1. The molecule has 0 heterocycles. The van der Waals surface area contributed by atoms with Gasteiger partial charge < -0.3 is 15.3 Å². The second-order valence-electron chi connectivity index (χ2n) is 2.67. The number of rotatable bonds is 3. The minimum atomic E-state index is -0.795. The van der Waals surface area contributed by atoms with Gasteiger partial charge in [-0.3, -0.25) is 11.3 Å². The molecular weight excluding hydrogens is 172 g/mol. The molecule has 0 saturated carbocycles. The summed E-state index contributed by atoms with van der Waals surface area (Å²) in [5, 5.41) is 27.5. The molecule has 0 aliphatic heterocycles. The molecular formula is C8H12N2O3. The molecule has 0 amide bonds. The van der Waals surface area contributed by atoms with Gasteiger partial charge in [-0.05, 0) is 17.7 Å². The van der Waals surface area contributed by atoms with E-state index >= 15 is 0 Å². The Morgan fingerprint density at radius 3 is 2.54 bits per heavy atom. The average molecular weight is 184 g/mol. The van der Waals surface area contributed by atoms with Crippen LogP contribution in [-0.4, -0.2) is 21.9 Å². The van der Waals surface area contributed by atoms with Crippen LogP contribution in [0.1, 0.15) is 11.7 Å². The van der Waals surface area contributed by atoms with Crippen molar-refractivity contribution >= 4 is 0 Å². The molecule has 0 aliphatic rings. The van der Waals surface area contributed by atoms with Crippen LogP contribution in [0.5, 0.6) is 11.5 Å². The second-order valence-corrected chi connectivity index (χ2v) is 2.67. The molecule has 0 spiro atoms. The van der Waals surface area contributed by atoms with Crippen molar-refractivity contribution in [2.45, 2.75) is 6.10 Å². The number of nitrogens with two attached hydrogens (primary N) is 1. The Morgan fingerprint density at radius 1 is 1.31 bits per heavy atom. The minimum absolute atomic E-state index is 0.185. The first kappa shape index (κ1) is 9.79. The van der Waals surface area contributed by atoms with Gasteiger partial charge in [-0.2, -0.15) is 0 Å². The highest BCUT2D eigenvalue weighted by molar-refractivity contribution is 5.41. The largest absolute Gasteiger partial charge is 0.504 e. The van der Waals surface area contributed by atoms with Gasteiger partial charge in [-0.1, -0.05) is 6.07 Å². The summed E-state index contributed by atoms with van der Waals surface area (Å²) in [5.41, 5.74) is 2.80. The maximum absolute atomic E-state index is 9.40. The maximum atomic E-state index is 9.40. The highest BCUT2D eigenvalue weighted by Gasteiger charge is 2.08. The molecule has 1 rings (SSSR count). The highest BCUT2D eigenvalue weighted by Crippen LogP contribution is 2.27. The number of phenolic OH excluding ortho intramolecular Hbond substituents is 2. The van der Waals surface area contributed by atoms with Gasteiger partial charge in [0.2, 0.25) is 0 Å². The van der Waals surface area contributed by atoms with Crippen molar-refractivity contribution in [2.75, 3.05) is 6.54 Å². The predicted molar refractivity (Wildman–Crippen MR) is 46.9 cm³/mol. The van der Waals surface area contributed by atoms with Crippen molar-refractivity contribution in [1.29, 1.82) is 0 Å². The topological polar surface area (TPSA) is 98.7 Å². The van der Waals surface area contributed by atoms with Crippen molar-refractivity contribution in [1.82, 2.24) is 5.43 Å². The lowest BCUT2D eigenvalue weighted by Crippen LogP contribution is -2.27. The molecule has 0 aliphatic carbocycles. The Balaban J connectivity index is 2.84. The average Bonchev–Trinajstić information content (AvgIpc) is 2.10. The summed E-state index contributed by atoms with van der Waals surface area (Å²) >= 11 is 0. The van der Waals surface area contributed by atoms with Crippen LogP contribution in [0, 0.1) is 0 Å². The summed E-state index contributed by atoms with van der Waals surface area (Å²) in [4.78, 5) is 0. The fraction of sp³-hybridized carbons (Fsp3) is 0.250. The fourth-order valence-electron chi connectivity index (χ4n) is 0.977. The van der Waals surface area contributed by atoms with Crippen LogP contribution in [0.25, 0.3) is 0 Å². The van der Waals surface area contributed by atoms with Crippen LogP contribution >= 0.6 is 0 Å². The third-order valence-electron chi connectivity index (χ3n) is 1.70. The Morgan fingerprint density at radius 2 is 2.00 bits per heavy atom. The molecule has 0 saturated heterocycles. The van der Waals surface area contributed by atoms with E-state index in [1.54, 1.807) is 0 Å². The summed E-state index contributed by atoms with van der Waals surface area (Å²) < 4.78 is 0. The van der Waals surface area contributed by atoms with Crippen molar-refractivity contribution in [3.63, 3.8) is 0 Å². The van der Waals surface area contributed by atoms with Crippen LogP contribution in [0.4, 0.5) is 0 Å². The fourth-order valence-corrected chi connectivity index (χ4v) is 0.977. The molecule has 1 aromatic rings. The Hall–Kier alpha value is -1.30. The van der Waals surface area contributed by atoms with E-state index in [1.165, 1.54) is 18.2 Å². The third-order valence-corrected chi connectivity index (χ3v) is 1.70. The van der Waals surface area contributed by atoms with E-state index in [9.17, 15) is 5.11 Å². The number of hydrogen-bond acceptors (Lipinski definition) is 5. The molecule has 13 heavy (non-hydrogen) atoms. The third kappa shape index (κ3) is 2.32. The van der Waals surface area contributed by atoms with E-state index in [-0.39, 0.29) is 18.0 Å². The lowest BCUT2D eigenvalue weighted by molar-refractivity contribution is 0.175. The molecule has 0 bridgehead atoms. The van der Waals surface area contributed by atoms with E-state index < -0.39 is 6.10 Å². The van der Waals surface area contributed by atoms with Gasteiger partial charge in [-0.15, -0.1) is 0 Å². The number of aromatic hydroxyl groups is 2. The Labute approximate surface area is 75.4 Å². The standard InChI is InChI=1S/C8H12N2O3/c9-10-4-8(13)5-1-2-6(11)7(12)3-5/h1-3,8,10-13H,4,9H2/t8-/m0/s1. The number of hydrogen-bond donors (Lipinski definition) is 5. The maximum Gasteiger partial charge on any atom is 0.157 e. The molecule has 1 aromatic carbocycles. The molecule has 0 aromatic heterocycles. The minimum Gasteiger partial charge on any atom is -0.504 e. The molecule has 5 heteroatoms. The van der Waals surface area contributed by atoms with Gasteiger partial charge in [0.05, 0.1) is 6.10 Å². The van der Waals surface area contributed by atoms with E-state index in [2.05, 4.69) is 5.43 Å². The van der Waals surface area contributed by atoms with Crippen LogP contribution in [0.2, 0.25) is 0 Å². The summed E-state index contributed by atoms with van der Waals surface area (Å²) in [6, 6.07) is 4.11. The number of phenols is 2. The Bertz CT molecular complexity index is 291. The van der Waals surface area contributed by atoms with E-state index in [0.29, 0.717) is 5.56 Å². The molecule has 5 nitrogen and oxygen atoms in total. The van der Waals surface area contributed by atoms with Crippen LogP contribution < -0.4 is 11.3 Å². The van der Waals surface area contributed by atoms with Crippen molar-refractivity contribution < 1.29 is 15.3 Å². The molecule has 0 fully saturated rings. The molecule has 0 unspecified atom stereocenters. The first-order valence-corrected chi connectivity index (χ1v) is 3.78. The van der Waals surface area contributed by atoms with E-state index in [0.717, 1.165) is 0 Å². The molecule has 72 valence electrons. The quantitative estimate of drug-likeness (QED) is 0.250. The second kappa shape index (κ2) is 4.08. The monoisotopic (exact) mass is 184 g/mol. The predicted octanol–water partition coefficient (Wildman–Crippen LogP) is -0.406. The Kier molecular flexibility index (Phi) is 3.07. The normalized spacial score (nSPS) is 12.8. The SMILES string of the molecule is NNC[C@H](O)c1ccc(O)c(O)c1. The molecule has 0 radical (unpaired) electrons. The van der Waals surface area contributed by atoms with Crippen molar-refractivity contribution in [3.8, 4) is 11.5 Å². The zero-order valence-electron chi connectivity index (χ0n) is 6.94. The van der Waals surface area contributed by atoms with Gasteiger partial charge in [0, 0.05) is 6.54 Å². The summed E-state index contributed by atoms with van der Waals surface area (Å²) in [5.74, 6) is 4.55. The van der Waals surface area contributed by atoms with Gasteiger partial charge in [0.25, 0.3) is 0 Å². The van der Waals surface area contributed by atoms with Crippen LogP contribution in [0.3, 0.4) is 0 Å². The number of hydrazine groups is 1. The molecule has 6 N–H and O–H groups in total. The van der Waals surface area contributed by atoms with Gasteiger partial charge in [-0.25, -0.2) is 0 Å². The summed E-state index contributed by atoms with van der Waals surface area (Å²) in [6.07, 6.45) is -0.795. The van der Waals surface area contributed by atoms with Gasteiger partial charge in [0.15, 0.2) is 11.5 Å². The molecule has 1 atom stereocenters. The van der Waals surface area contributed by atoms with Crippen molar-refractivity contribution in [2.24, 2.45) is 5.84 Å². The number of nitrogens with one attached hydrogen (secondary N) is 1. The number of benzene rings is 1. The zero-order chi connectivity index (χ0) is 9.84. The lowest BCUT2D eigenvalue weighted by Gasteiger charge is -2.10. The van der Waals surface area contributed by atoms with Crippen molar-refractivity contribution in [3.05, 3.63) is 23.8 Å². The lowest BCUT2D eigenvalue weighted by atomic mass is 10.1. The van der Waals surface area contributed by atoms with E-state index in [4.69, 9.17) is 16.1 Å². The van der Waals surface area contributed by atoms with Gasteiger partial charge in [0.1, 0.15) is 0 Å². The summed E-state index contributed by atoms with van der Waals surface area (Å²) in [7, 11) is 0. The highest BCUT2D eigenvalue weighted by atomic mass is 16.3. The van der Waals surface area contributed by atoms with E-state index in [1.807, 2.05) is 0 Å². The zero-order valence-corrected chi connectivity index (χ0v) is 6.94. The summed E-state index contributed by atoms with van der Waals surface area (Å²) in [6.45, 7) is 0.185. The van der Waals surface area contributed by atoms with Gasteiger partial charge >= 0.3 is 0 Å². The van der Waals surface area contributed by atoms with Crippen LogP contribution in [0.15, 0.2) is 18.2 Å². The van der Waals surface area contributed by atoms with Crippen LogP contribution in [-0.2, 0) is 0 Å². The first-order valence-electron chi connectivity index (χ1n) is 3.78. The first-order chi connectivity index (χ1) is 6.15. The number of aliphatic hydroxyl groups excluding tert-OH is 1. The smallest absolute Gasteiger partial charge is 0.157 e.